The number of hydrogen-bond acceptors (Lipinski definition) is 6. The second kappa shape index (κ2) is 33.4. The molecule has 47 heavy (non-hydrogen) atoms. The van der Waals surface area contributed by atoms with E-state index in [4.69, 9.17) is 19.3 Å². The molecule has 0 fully saturated rings. The van der Waals surface area contributed by atoms with Crippen LogP contribution in [0.3, 0.4) is 0 Å². The summed E-state index contributed by atoms with van der Waals surface area (Å²) in [6.07, 6.45) is 42.1. The highest BCUT2D eigenvalue weighted by Gasteiger charge is 2.22. The lowest BCUT2D eigenvalue weighted by atomic mass is 10.1. The average molecular weight is 679 g/mol. The molecule has 0 rings (SSSR count). The third-order valence-corrected chi connectivity index (χ3v) is 7.46. The topological polar surface area (TPSA) is 119 Å². The smallest absolute Gasteiger partial charge is 0.462 e. The quantitative estimate of drug-likeness (QED) is 0.0322. The molecule has 0 aliphatic rings. The summed E-state index contributed by atoms with van der Waals surface area (Å²) in [6.45, 7) is 3.45. The van der Waals surface area contributed by atoms with Crippen molar-refractivity contribution in [2.45, 2.75) is 142 Å². The summed E-state index contributed by atoms with van der Waals surface area (Å²) in [7, 11) is -4.77. The van der Waals surface area contributed by atoms with E-state index in [1.165, 1.54) is 38.5 Å². The van der Waals surface area contributed by atoms with Gasteiger partial charge in [0.05, 0.1) is 6.61 Å². The molecule has 0 aromatic carbocycles. The summed E-state index contributed by atoms with van der Waals surface area (Å²) in [4.78, 5) is 42.5. The van der Waals surface area contributed by atoms with E-state index < -0.39 is 32.5 Å². The number of hydrogen-bond donors (Lipinski definition) is 2. The fraction of sp³-hybridized carbons (Fsp3) is 0.632. The molecule has 0 aromatic rings. The van der Waals surface area contributed by atoms with Crippen LogP contribution in [0.4, 0.5) is 0 Å². The van der Waals surface area contributed by atoms with E-state index in [2.05, 4.69) is 79.1 Å². The molecule has 268 valence electrons. The van der Waals surface area contributed by atoms with E-state index in [0.717, 1.165) is 57.8 Å². The van der Waals surface area contributed by atoms with Gasteiger partial charge in [-0.05, 0) is 70.6 Å². The number of phosphoric acid groups is 1. The number of ether oxygens (including phenoxy) is 2. The SMILES string of the molecule is CC/C=C/C/C=C/C/C=C/C/C=C/CCCCCC(=O)OCC(COP(=O)(O)O)OC(=O)CC/C=C/C/C=C/CCCCCCCC. The Labute approximate surface area is 285 Å². The van der Waals surface area contributed by atoms with Crippen LogP contribution >= 0.6 is 7.82 Å². The van der Waals surface area contributed by atoms with Crippen molar-refractivity contribution in [2.75, 3.05) is 13.2 Å². The zero-order valence-electron chi connectivity index (χ0n) is 29.1. The molecule has 0 aromatic heterocycles. The summed E-state index contributed by atoms with van der Waals surface area (Å²) >= 11 is 0. The first kappa shape index (κ1) is 44.5. The maximum atomic E-state index is 12.3. The van der Waals surface area contributed by atoms with Gasteiger partial charge in [-0.1, -0.05) is 125 Å². The van der Waals surface area contributed by atoms with Crippen molar-refractivity contribution in [3.05, 3.63) is 72.9 Å². The lowest BCUT2D eigenvalue weighted by Gasteiger charge is -2.18. The second-order valence-corrected chi connectivity index (χ2v) is 12.7. The van der Waals surface area contributed by atoms with Crippen LogP contribution in [0, 0.1) is 0 Å². The minimum Gasteiger partial charge on any atom is -0.462 e. The van der Waals surface area contributed by atoms with Crippen molar-refractivity contribution in [1.29, 1.82) is 0 Å². The molecule has 0 saturated heterocycles. The molecule has 0 radical (unpaired) electrons. The monoisotopic (exact) mass is 678 g/mol. The zero-order chi connectivity index (χ0) is 34.7. The first-order valence-electron chi connectivity index (χ1n) is 17.7. The molecule has 0 aliphatic heterocycles. The summed E-state index contributed by atoms with van der Waals surface area (Å²) in [5, 5.41) is 0. The first-order chi connectivity index (χ1) is 22.8. The lowest BCUT2D eigenvalue weighted by molar-refractivity contribution is -0.161. The third-order valence-electron chi connectivity index (χ3n) is 6.97. The molecule has 1 unspecified atom stereocenters. The number of carbonyl (C=O) groups is 2. The molecule has 8 nitrogen and oxygen atoms in total. The zero-order valence-corrected chi connectivity index (χ0v) is 30.0. The maximum absolute atomic E-state index is 12.3. The van der Waals surface area contributed by atoms with Gasteiger partial charge in [0.2, 0.25) is 0 Å². The average Bonchev–Trinajstić information content (AvgIpc) is 3.03. The van der Waals surface area contributed by atoms with Gasteiger partial charge in [-0.3, -0.25) is 14.1 Å². The summed E-state index contributed by atoms with van der Waals surface area (Å²) in [5.41, 5.74) is 0. The highest BCUT2D eigenvalue weighted by Crippen LogP contribution is 2.35. The van der Waals surface area contributed by atoms with E-state index in [0.29, 0.717) is 12.8 Å². The molecular weight excluding hydrogens is 615 g/mol. The third kappa shape index (κ3) is 36.2. The van der Waals surface area contributed by atoms with E-state index >= 15 is 0 Å². The largest absolute Gasteiger partial charge is 0.469 e. The molecular formula is C38H63O8P. The van der Waals surface area contributed by atoms with Crippen molar-refractivity contribution in [3.63, 3.8) is 0 Å². The minimum absolute atomic E-state index is 0.0948. The number of allylic oxidation sites excluding steroid dienone is 12. The highest BCUT2D eigenvalue weighted by molar-refractivity contribution is 7.46. The van der Waals surface area contributed by atoms with Gasteiger partial charge in [0.15, 0.2) is 6.10 Å². The van der Waals surface area contributed by atoms with Crippen LogP contribution in [0.5, 0.6) is 0 Å². The predicted molar refractivity (Wildman–Crippen MR) is 193 cm³/mol. The number of rotatable bonds is 31. The molecule has 9 heteroatoms. The Morgan fingerprint density at radius 1 is 0.574 bits per heavy atom. The Bertz CT molecular complexity index is 990. The van der Waals surface area contributed by atoms with E-state index in [1.807, 2.05) is 12.2 Å². The van der Waals surface area contributed by atoms with Gasteiger partial charge < -0.3 is 19.3 Å². The van der Waals surface area contributed by atoms with Crippen LogP contribution < -0.4 is 0 Å². The fourth-order valence-electron chi connectivity index (χ4n) is 4.36. The van der Waals surface area contributed by atoms with E-state index in [1.54, 1.807) is 0 Å². The van der Waals surface area contributed by atoms with Gasteiger partial charge in [0.25, 0.3) is 0 Å². The number of phosphoric ester groups is 1. The maximum Gasteiger partial charge on any atom is 0.469 e. The Kier molecular flexibility index (Phi) is 31.6. The van der Waals surface area contributed by atoms with Gasteiger partial charge in [-0.15, -0.1) is 0 Å². The molecule has 0 heterocycles. The Morgan fingerprint density at radius 3 is 1.62 bits per heavy atom. The predicted octanol–water partition coefficient (Wildman–Crippen LogP) is 10.3. The highest BCUT2D eigenvalue weighted by atomic mass is 31.2. The number of esters is 2. The van der Waals surface area contributed by atoms with E-state index in [9.17, 15) is 14.2 Å². The molecule has 2 N–H and O–H groups in total. The van der Waals surface area contributed by atoms with Gasteiger partial charge >= 0.3 is 19.8 Å². The first-order valence-corrected chi connectivity index (χ1v) is 19.3. The van der Waals surface area contributed by atoms with Crippen molar-refractivity contribution in [2.24, 2.45) is 0 Å². The van der Waals surface area contributed by atoms with Crippen molar-refractivity contribution >= 4 is 19.8 Å². The molecule has 0 aliphatic carbocycles. The van der Waals surface area contributed by atoms with Crippen molar-refractivity contribution < 1.29 is 37.9 Å². The lowest BCUT2D eigenvalue weighted by Crippen LogP contribution is -2.29. The standard InChI is InChI=1S/C38H63O8P/c1-3-5-7-9-11-13-15-17-18-19-21-22-24-26-28-30-32-37(39)44-34-36(35-45-47(41,42)43)46-38(40)33-31-29-27-25-23-20-16-14-12-10-8-6-4-2/h5,7,11,13,17-18,20-23,27,29,36H,3-4,6,8-10,12,14-16,19,24-26,28,30-35H2,1-2H3,(H2,41,42,43)/b7-5+,13-11+,18-17+,22-21+,23-20+,29-27+. The Balaban J connectivity index is 4.15. The van der Waals surface area contributed by atoms with Crippen molar-refractivity contribution in [1.82, 2.24) is 0 Å². The normalized spacial score (nSPS) is 13.4. The van der Waals surface area contributed by atoms with Gasteiger partial charge in [-0.2, -0.15) is 0 Å². The van der Waals surface area contributed by atoms with Crippen LogP contribution in [0.2, 0.25) is 0 Å². The van der Waals surface area contributed by atoms with Crippen LogP contribution in [-0.2, 0) is 28.2 Å². The minimum atomic E-state index is -4.77. The number of unbranched alkanes of at least 4 members (excludes halogenated alkanes) is 9. The summed E-state index contributed by atoms with van der Waals surface area (Å²) in [6, 6.07) is 0. The second-order valence-electron chi connectivity index (χ2n) is 11.5. The summed E-state index contributed by atoms with van der Waals surface area (Å²) in [5.74, 6) is -1.01. The van der Waals surface area contributed by atoms with Crippen LogP contribution in [0.25, 0.3) is 0 Å². The molecule has 0 spiro atoms. The Hall–Kier alpha value is -2.51. The van der Waals surface area contributed by atoms with Crippen molar-refractivity contribution in [3.8, 4) is 0 Å². The molecule has 1 atom stereocenters. The fourth-order valence-corrected chi connectivity index (χ4v) is 4.72. The van der Waals surface area contributed by atoms with Gasteiger partial charge in [0, 0.05) is 12.8 Å². The van der Waals surface area contributed by atoms with Gasteiger partial charge in [-0.25, -0.2) is 4.57 Å². The Morgan fingerprint density at radius 2 is 1.06 bits per heavy atom. The van der Waals surface area contributed by atoms with E-state index in [-0.39, 0.29) is 19.4 Å². The molecule has 0 saturated carbocycles. The molecule has 0 bridgehead atoms. The van der Waals surface area contributed by atoms with Crippen LogP contribution in [-0.4, -0.2) is 41.0 Å². The van der Waals surface area contributed by atoms with Gasteiger partial charge in [0.1, 0.15) is 6.61 Å². The summed E-state index contributed by atoms with van der Waals surface area (Å²) < 4.78 is 26.1. The molecule has 0 amide bonds. The van der Waals surface area contributed by atoms with Crippen LogP contribution in [0.1, 0.15) is 136 Å². The van der Waals surface area contributed by atoms with Crippen LogP contribution in [0.15, 0.2) is 72.9 Å². The number of carbonyl (C=O) groups excluding carboxylic acids is 2.